The highest BCUT2D eigenvalue weighted by atomic mass is 16.5. The van der Waals surface area contributed by atoms with Crippen LogP contribution in [0.3, 0.4) is 0 Å². The summed E-state index contributed by atoms with van der Waals surface area (Å²) in [6.07, 6.45) is 2.01. The summed E-state index contributed by atoms with van der Waals surface area (Å²) >= 11 is 0. The molecule has 1 saturated heterocycles. The second-order valence-corrected chi connectivity index (χ2v) is 6.87. The molecule has 7 heteroatoms. The van der Waals surface area contributed by atoms with Gasteiger partial charge in [0.05, 0.1) is 7.11 Å². The molecule has 3 atom stereocenters. The van der Waals surface area contributed by atoms with Crippen molar-refractivity contribution in [2.45, 2.75) is 51.2 Å². The standard InChI is InChI=1S/C16H27N3O4/c1-7-8-11-12(13(21)23-6)17-9-16(11,18-10(2)20)14(22)19-15(3,4)5/h7,11-12,17H,1,8-9H2,2-6H3,(H,18,20)(H,19,22)/t11?,12-,16?/m0/s1. The topological polar surface area (TPSA) is 96.5 Å². The van der Waals surface area contributed by atoms with E-state index in [4.69, 9.17) is 4.74 Å². The minimum atomic E-state index is -1.23. The third kappa shape index (κ3) is 4.31. The molecular weight excluding hydrogens is 298 g/mol. The highest BCUT2D eigenvalue weighted by molar-refractivity contribution is 5.94. The first kappa shape index (κ1) is 19.2. The first-order valence-corrected chi connectivity index (χ1v) is 7.61. The summed E-state index contributed by atoms with van der Waals surface area (Å²) < 4.78 is 4.81. The van der Waals surface area contributed by atoms with Crippen molar-refractivity contribution in [3.63, 3.8) is 0 Å². The number of hydrogen-bond acceptors (Lipinski definition) is 5. The summed E-state index contributed by atoms with van der Waals surface area (Å²) in [4.78, 5) is 36.6. The smallest absolute Gasteiger partial charge is 0.323 e. The van der Waals surface area contributed by atoms with Crippen molar-refractivity contribution < 1.29 is 19.1 Å². The Morgan fingerprint density at radius 1 is 1.39 bits per heavy atom. The fourth-order valence-electron chi connectivity index (χ4n) is 2.93. The van der Waals surface area contributed by atoms with Gasteiger partial charge in [0.25, 0.3) is 0 Å². The van der Waals surface area contributed by atoms with Gasteiger partial charge in [-0.05, 0) is 27.2 Å². The van der Waals surface area contributed by atoms with Crippen molar-refractivity contribution in [3.8, 4) is 0 Å². The number of hydrogen-bond donors (Lipinski definition) is 3. The third-order valence-electron chi connectivity index (χ3n) is 3.80. The molecule has 23 heavy (non-hydrogen) atoms. The van der Waals surface area contributed by atoms with E-state index in [1.165, 1.54) is 14.0 Å². The van der Waals surface area contributed by atoms with Crippen molar-refractivity contribution in [3.05, 3.63) is 12.7 Å². The molecule has 7 nitrogen and oxygen atoms in total. The van der Waals surface area contributed by atoms with E-state index in [2.05, 4.69) is 22.5 Å². The van der Waals surface area contributed by atoms with Gasteiger partial charge in [0.15, 0.2) is 0 Å². The van der Waals surface area contributed by atoms with Crippen LogP contribution in [0.2, 0.25) is 0 Å². The third-order valence-corrected chi connectivity index (χ3v) is 3.80. The number of carbonyl (C=O) groups is 3. The van der Waals surface area contributed by atoms with Gasteiger partial charge in [0, 0.05) is 24.9 Å². The molecule has 0 saturated carbocycles. The Kier molecular flexibility index (Phi) is 5.93. The molecule has 1 aliphatic rings. The van der Waals surface area contributed by atoms with Crippen molar-refractivity contribution in [1.29, 1.82) is 0 Å². The van der Waals surface area contributed by atoms with Crippen LogP contribution < -0.4 is 16.0 Å². The van der Waals surface area contributed by atoms with E-state index in [9.17, 15) is 14.4 Å². The number of nitrogens with one attached hydrogen (secondary N) is 3. The summed E-state index contributed by atoms with van der Waals surface area (Å²) in [7, 11) is 1.29. The molecule has 0 aliphatic carbocycles. The lowest BCUT2D eigenvalue weighted by Crippen LogP contribution is -2.66. The molecule has 0 radical (unpaired) electrons. The molecule has 3 N–H and O–H groups in total. The number of allylic oxidation sites excluding steroid dienone is 1. The molecule has 0 aromatic heterocycles. The van der Waals surface area contributed by atoms with Gasteiger partial charge in [-0.1, -0.05) is 6.08 Å². The normalized spacial score (nSPS) is 27.2. The summed E-state index contributed by atoms with van der Waals surface area (Å²) in [5, 5.41) is 8.65. The molecular formula is C16H27N3O4. The predicted octanol–water partition coefficient (Wildman–Crippen LogP) is 0.113. The number of esters is 1. The average molecular weight is 325 g/mol. The molecule has 1 rings (SSSR count). The van der Waals surface area contributed by atoms with E-state index in [-0.39, 0.29) is 18.4 Å². The van der Waals surface area contributed by atoms with Gasteiger partial charge < -0.3 is 20.7 Å². The first-order chi connectivity index (χ1) is 10.6. The molecule has 130 valence electrons. The zero-order valence-corrected chi connectivity index (χ0v) is 14.5. The summed E-state index contributed by atoms with van der Waals surface area (Å²) in [5.41, 5.74) is -1.70. The second-order valence-electron chi connectivity index (χ2n) is 6.87. The van der Waals surface area contributed by atoms with E-state index in [1.54, 1.807) is 6.08 Å². The second kappa shape index (κ2) is 7.12. The van der Waals surface area contributed by atoms with E-state index in [0.717, 1.165) is 0 Å². The van der Waals surface area contributed by atoms with Gasteiger partial charge in [-0.25, -0.2) is 0 Å². The maximum absolute atomic E-state index is 12.9. The van der Waals surface area contributed by atoms with E-state index in [0.29, 0.717) is 6.42 Å². The maximum Gasteiger partial charge on any atom is 0.323 e. The molecule has 0 aromatic rings. The molecule has 0 spiro atoms. The minimum Gasteiger partial charge on any atom is -0.468 e. The lowest BCUT2D eigenvalue weighted by molar-refractivity contribution is -0.145. The van der Waals surface area contributed by atoms with Gasteiger partial charge in [-0.15, -0.1) is 6.58 Å². The zero-order valence-electron chi connectivity index (χ0n) is 14.5. The minimum absolute atomic E-state index is 0.146. The Bertz CT molecular complexity index is 498. The molecule has 1 heterocycles. The Morgan fingerprint density at radius 2 is 2.00 bits per heavy atom. The van der Waals surface area contributed by atoms with E-state index < -0.39 is 29.0 Å². The first-order valence-electron chi connectivity index (χ1n) is 7.61. The Balaban J connectivity index is 3.26. The fraction of sp³-hybridized carbons (Fsp3) is 0.688. The molecule has 1 aliphatic heterocycles. The van der Waals surface area contributed by atoms with Gasteiger partial charge in [0.2, 0.25) is 11.8 Å². The lowest BCUT2D eigenvalue weighted by atomic mass is 9.79. The van der Waals surface area contributed by atoms with Crippen LogP contribution in [0.25, 0.3) is 0 Å². The average Bonchev–Trinajstić information content (AvgIpc) is 2.76. The Morgan fingerprint density at radius 3 is 2.43 bits per heavy atom. The number of rotatable bonds is 5. The molecule has 1 fully saturated rings. The highest BCUT2D eigenvalue weighted by Gasteiger charge is 2.56. The lowest BCUT2D eigenvalue weighted by Gasteiger charge is -2.37. The van der Waals surface area contributed by atoms with Crippen LogP contribution in [0, 0.1) is 5.92 Å². The zero-order chi connectivity index (χ0) is 17.8. The van der Waals surface area contributed by atoms with Crippen LogP contribution in [0.1, 0.15) is 34.1 Å². The van der Waals surface area contributed by atoms with Crippen molar-refractivity contribution in [2.24, 2.45) is 5.92 Å². The summed E-state index contributed by atoms with van der Waals surface area (Å²) in [5.74, 6) is -1.62. The van der Waals surface area contributed by atoms with Crippen LogP contribution in [0.5, 0.6) is 0 Å². The van der Waals surface area contributed by atoms with Crippen LogP contribution in [-0.4, -0.2) is 48.6 Å². The van der Waals surface area contributed by atoms with Crippen molar-refractivity contribution in [1.82, 2.24) is 16.0 Å². The van der Waals surface area contributed by atoms with Crippen molar-refractivity contribution >= 4 is 17.8 Å². The largest absolute Gasteiger partial charge is 0.468 e. The van der Waals surface area contributed by atoms with Crippen LogP contribution in [-0.2, 0) is 19.1 Å². The van der Waals surface area contributed by atoms with Crippen LogP contribution in [0.4, 0.5) is 0 Å². The quantitative estimate of drug-likeness (QED) is 0.492. The van der Waals surface area contributed by atoms with E-state index >= 15 is 0 Å². The Labute approximate surface area is 137 Å². The van der Waals surface area contributed by atoms with E-state index in [1.807, 2.05) is 20.8 Å². The van der Waals surface area contributed by atoms with Crippen molar-refractivity contribution in [2.75, 3.05) is 13.7 Å². The van der Waals surface area contributed by atoms with Gasteiger partial charge in [0.1, 0.15) is 11.6 Å². The maximum atomic E-state index is 12.9. The Hall–Kier alpha value is -1.89. The number of amides is 2. The van der Waals surface area contributed by atoms with Gasteiger partial charge in [-0.2, -0.15) is 0 Å². The number of methoxy groups -OCH3 is 1. The number of ether oxygens (including phenoxy) is 1. The SMILES string of the molecule is C=CCC1[C@@H](C(=O)OC)NCC1(NC(C)=O)C(=O)NC(C)(C)C. The summed E-state index contributed by atoms with van der Waals surface area (Å²) in [6.45, 7) is 10.8. The molecule has 2 amide bonds. The highest BCUT2D eigenvalue weighted by Crippen LogP contribution is 2.32. The summed E-state index contributed by atoms with van der Waals surface area (Å²) in [6, 6.07) is -0.685. The number of carbonyl (C=O) groups excluding carboxylic acids is 3. The fourth-order valence-corrected chi connectivity index (χ4v) is 2.93. The van der Waals surface area contributed by atoms with Gasteiger partial charge >= 0.3 is 5.97 Å². The molecule has 0 aromatic carbocycles. The van der Waals surface area contributed by atoms with Crippen LogP contribution >= 0.6 is 0 Å². The predicted molar refractivity (Wildman–Crippen MR) is 86.6 cm³/mol. The molecule has 0 bridgehead atoms. The van der Waals surface area contributed by atoms with Gasteiger partial charge in [-0.3, -0.25) is 14.4 Å². The molecule has 2 unspecified atom stereocenters. The van der Waals surface area contributed by atoms with Crippen LogP contribution in [0.15, 0.2) is 12.7 Å². The monoisotopic (exact) mass is 325 g/mol.